The predicted molar refractivity (Wildman–Crippen MR) is 71.3 cm³/mol. The van der Waals surface area contributed by atoms with E-state index >= 15 is 0 Å². The Labute approximate surface area is 111 Å². The molecule has 1 N–H and O–H groups in total. The minimum atomic E-state index is -0.985. The van der Waals surface area contributed by atoms with Crippen LogP contribution >= 0.6 is 0 Å². The van der Waals surface area contributed by atoms with Crippen LogP contribution in [0.4, 0.5) is 0 Å². The lowest BCUT2D eigenvalue weighted by atomic mass is 10.1. The van der Waals surface area contributed by atoms with E-state index in [0.29, 0.717) is 13.0 Å². The summed E-state index contributed by atoms with van der Waals surface area (Å²) in [7, 11) is 0. The van der Waals surface area contributed by atoms with Gasteiger partial charge in [0, 0.05) is 12.8 Å². The van der Waals surface area contributed by atoms with Crippen LogP contribution in [0.25, 0.3) is 0 Å². The van der Waals surface area contributed by atoms with E-state index in [1.165, 1.54) is 4.90 Å². The highest BCUT2D eigenvalue weighted by molar-refractivity contribution is 5.89. The number of likely N-dealkylation sites (tertiary alicyclic amines) is 1. The van der Waals surface area contributed by atoms with Gasteiger partial charge in [0.05, 0.1) is 0 Å². The Morgan fingerprint density at radius 3 is 2.84 bits per heavy atom. The molecule has 5 heteroatoms. The molecule has 19 heavy (non-hydrogen) atoms. The largest absolute Gasteiger partial charge is 0.480 e. The van der Waals surface area contributed by atoms with Gasteiger partial charge in [-0.1, -0.05) is 30.3 Å². The van der Waals surface area contributed by atoms with Crippen LogP contribution in [0.1, 0.15) is 18.4 Å². The van der Waals surface area contributed by atoms with Gasteiger partial charge < -0.3 is 10.0 Å². The minimum absolute atomic E-state index is 0.194. The normalized spacial score (nSPS) is 19.9. The molecule has 1 aromatic carbocycles. The smallest absolute Gasteiger partial charge is 0.323 e. The zero-order chi connectivity index (χ0) is 13.7. The maximum atomic E-state index is 12.0. The molecule has 1 amide bonds. The average molecular weight is 260 g/mol. The van der Waals surface area contributed by atoms with Gasteiger partial charge in [-0.05, 0) is 18.4 Å². The number of aliphatic carboxylic acids is 1. The number of nitrogens with zero attached hydrogens (tertiary/aromatic N) is 2. The molecule has 0 unspecified atom stereocenters. The maximum Gasteiger partial charge on any atom is 0.323 e. The van der Waals surface area contributed by atoms with E-state index in [1.807, 2.05) is 30.3 Å². The van der Waals surface area contributed by atoms with Crippen molar-refractivity contribution in [3.05, 3.63) is 35.9 Å². The van der Waals surface area contributed by atoms with Crippen molar-refractivity contribution >= 4 is 18.1 Å². The molecule has 0 aliphatic carbocycles. The summed E-state index contributed by atoms with van der Waals surface area (Å²) in [5, 5.41) is 8.75. The average Bonchev–Trinajstić information content (AvgIpc) is 2.40. The van der Waals surface area contributed by atoms with Gasteiger partial charge in [0.15, 0.2) is 0 Å². The van der Waals surface area contributed by atoms with E-state index < -0.39 is 12.0 Å². The van der Waals surface area contributed by atoms with Gasteiger partial charge in [-0.3, -0.25) is 14.6 Å². The van der Waals surface area contributed by atoms with Crippen LogP contribution in [0.3, 0.4) is 0 Å². The van der Waals surface area contributed by atoms with Crippen LogP contribution in [0.5, 0.6) is 0 Å². The second-order valence-corrected chi connectivity index (χ2v) is 4.50. The lowest BCUT2D eigenvalue weighted by Crippen LogP contribution is -2.45. The van der Waals surface area contributed by atoms with Gasteiger partial charge in [0.2, 0.25) is 5.91 Å². The van der Waals surface area contributed by atoms with Gasteiger partial charge in [0.25, 0.3) is 0 Å². The molecule has 1 heterocycles. The summed E-state index contributed by atoms with van der Waals surface area (Å²) in [4.78, 5) is 28.3. The van der Waals surface area contributed by atoms with Crippen LogP contribution < -0.4 is 0 Å². The van der Waals surface area contributed by atoms with Crippen LogP contribution in [-0.4, -0.2) is 47.2 Å². The van der Waals surface area contributed by atoms with Gasteiger partial charge in [-0.2, -0.15) is 0 Å². The Morgan fingerprint density at radius 1 is 1.42 bits per heavy atom. The summed E-state index contributed by atoms with van der Waals surface area (Å²) in [5.41, 5.74) is 0.936. The molecular formula is C14H16N2O3. The van der Waals surface area contributed by atoms with E-state index in [4.69, 9.17) is 5.11 Å². The second-order valence-electron chi connectivity index (χ2n) is 4.50. The molecule has 0 saturated carbocycles. The molecule has 1 aromatic rings. The number of amides is 1. The third-order valence-corrected chi connectivity index (χ3v) is 3.03. The van der Waals surface area contributed by atoms with Gasteiger partial charge in [0.1, 0.15) is 12.6 Å². The van der Waals surface area contributed by atoms with Crippen molar-refractivity contribution in [1.82, 2.24) is 4.90 Å². The van der Waals surface area contributed by atoms with E-state index in [2.05, 4.69) is 4.99 Å². The van der Waals surface area contributed by atoms with Crippen LogP contribution in [0.2, 0.25) is 0 Å². The second kappa shape index (κ2) is 6.13. The molecular weight excluding hydrogens is 244 g/mol. The molecule has 100 valence electrons. The van der Waals surface area contributed by atoms with Crippen molar-refractivity contribution < 1.29 is 14.7 Å². The van der Waals surface area contributed by atoms with Gasteiger partial charge in [-0.15, -0.1) is 0 Å². The number of carbonyl (C=O) groups excluding carboxylic acids is 1. The number of carbonyl (C=O) groups is 2. The number of piperidine rings is 1. The molecule has 2 rings (SSSR count). The summed E-state index contributed by atoms with van der Waals surface area (Å²) in [6.07, 6.45) is 3.14. The van der Waals surface area contributed by atoms with Crippen molar-refractivity contribution in [1.29, 1.82) is 0 Å². The van der Waals surface area contributed by atoms with Crippen molar-refractivity contribution in [2.45, 2.75) is 18.9 Å². The molecule has 1 atom stereocenters. The zero-order valence-corrected chi connectivity index (χ0v) is 10.5. The van der Waals surface area contributed by atoms with Crippen LogP contribution in [0.15, 0.2) is 35.3 Å². The maximum absolute atomic E-state index is 12.0. The quantitative estimate of drug-likeness (QED) is 0.826. The third-order valence-electron chi connectivity index (χ3n) is 3.03. The first-order valence-electron chi connectivity index (χ1n) is 6.25. The summed E-state index contributed by atoms with van der Waals surface area (Å²) in [5.74, 6) is -1.18. The molecule has 0 bridgehead atoms. The lowest BCUT2D eigenvalue weighted by Gasteiger charge is -2.29. The van der Waals surface area contributed by atoms with Crippen molar-refractivity contribution in [3.8, 4) is 0 Å². The fourth-order valence-corrected chi connectivity index (χ4v) is 2.09. The number of aliphatic imine (C=N–C) groups is 1. The fourth-order valence-electron chi connectivity index (χ4n) is 2.09. The highest BCUT2D eigenvalue weighted by Gasteiger charge is 2.28. The summed E-state index contributed by atoms with van der Waals surface area (Å²) >= 11 is 0. The first kappa shape index (κ1) is 13.3. The molecule has 0 aromatic heterocycles. The summed E-state index contributed by atoms with van der Waals surface area (Å²) < 4.78 is 0. The standard InChI is InChI=1S/C14H16N2O3/c17-13(18)10-16-8-4-7-12(14(16)19)15-9-11-5-2-1-3-6-11/h1-3,5-6,9,12H,4,7-8,10H2,(H,17,18)/b15-9+/t12-/m0/s1. The Hall–Kier alpha value is -2.17. The van der Waals surface area contributed by atoms with E-state index in [0.717, 1.165) is 12.0 Å². The van der Waals surface area contributed by atoms with Crippen molar-refractivity contribution in [2.75, 3.05) is 13.1 Å². The van der Waals surface area contributed by atoms with Gasteiger partial charge >= 0.3 is 5.97 Å². The molecule has 1 aliphatic heterocycles. The van der Waals surface area contributed by atoms with Crippen LogP contribution in [0, 0.1) is 0 Å². The first-order valence-corrected chi connectivity index (χ1v) is 6.25. The molecule has 1 fully saturated rings. The summed E-state index contributed by atoms with van der Waals surface area (Å²) in [6, 6.07) is 9.09. The van der Waals surface area contributed by atoms with Crippen molar-refractivity contribution in [2.24, 2.45) is 4.99 Å². The zero-order valence-electron chi connectivity index (χ0n) is 10.5. The predicted octanol–water partition coefficient (Wildman–Crippen LogP) is 1.18. The topological polar surface area (TPSA) is 70.0 Å². The van der Waals surface area contributed by atoms with E-state index in [9.17, 15) is 9.59 Å². The Bertz CT molecular complexity index is 485. The number of hydrogen-bond donors (Lipinski definition) is 1. The minimum Gasteiger partial charge on any atom is -0.480 e. The van der Waals surface area contributed by atoms with Crippen molar-refractivity contribution in [3.63, 3.8) is 0 Å². The number of carboxylic acids is 1. The molecule has 5 nitrogen and oxygen atoms in total. The van der Waals surface area contributed by atoms with E-state index in [1.54, 1.807) is 6.21 Å². The number of rotatable bonds is 4. The monoisotopic (exact) mass is 260 g/mol. The summed E-state index contributed by atoms with van der Waals surface area (Å²) in [6.45, 7) is 0.263. The highest BCUT2D eigenvalue weighted by atomic mass is 16.4. The molecule has 0 spiro atoms. The fraction of sp³-hybridized carbons (Fsp3) is 0.357. The van der Waals surface area contributed by atoms with E-state index in [-0.39, 0.29) is 12.5 Å². The highest BCUT2D eigenvalue weighted by Crippen LogP contribution is 2.14. The Morgan fingerprint density at radius 2 is 2.16 bits per heavy atom. The molecule has 1 saturated heterocycles. The Balaban J connectivity index is 2.02. The number of carboxylic acid groups (broad SMARTS) is 1. The van der Waals surface area contributed by atoms with Crippen LogP contribution in [-0.2, 0) is 9.59 Å². The number of benzene rings is 1. The third kappa shape index (κ3) is 3.64. The van der Waals surface area contributed by atoms with Gasteiger partial charge in [-0.25, -0.2) is 0 Å². The lowest BCUT2D eigenvalue weighted by molar-refractivity contribution is -0.146. The molecule has 1 aliphatic rings. The Kier molecular flexibility index (Phi) is 4.28. The number of hydrogen-bond acceptors (Lipinski definition) is 3. The first-order chi connectivity index (χ1) is 9.16. The SMILES string of the molecule is O=C(O)CN1CCC[C@H](/N=C/c2ccccc2)C1=O. The molecule has 0 radical (unpaired) electrons.